The van der Waals surface area contributed by atoms with Crippen LogP contribution in [0.5, 0.6) is 0 Å². The van der Waals surface area contributed by atoms with Crippen LogP contribution in [0.1, 0.15) is 0 Å². The minimum atomic E-state index is -0.717. The summed E-state index contributed by atoms with van der Waals surface area (Å²) in [4.78, 5) is 11.2. The van der Waals surface area contributed by atoms with Gasteiger partial charge in [-0.1, -0.05) is 0 Å². The number of hydrogen-bond donors (Lipinski definition) is 4. The Balaban J connectivity index is 3.72. The van der Waals surface area contributed by atoms with Crippen molar-refractivity contribution >= 4 is 17.7 Å². The fourth-order valence-corrected chi connectivity index (χ4v) is 1.13. The first kappa shape index (κ1) is 12.7. The van der Waals surface area contributed by atoms with Gasteiger partial charge in [0.25, 0.3) is 0 Å². The lowest BCUT2D eigenvalue weighted by Gasteiger charge is -2.13. The topological polar surface area (TPSA) is 95.6 Å². The molecule has 6 heteroatoms. The Morgan fingerprint density at radius 1 is 1.69 bits per heavy atom. The molecule has 0 aliphatic rings. The van der Waals surface area contributed by atoms with E-state index in [1.54, 1.807) is 6.26 Å². The highest BCUT2D eigenvalue weighted by atomic mass is 32.2. The maximum Gasteiger partial charge on any atom is 0.235 e. The van der Waals surface area contributed by atoms with Gasteiger partial charge >= 0.3 is 0 Å². The molecule has 0 radical (unpaired) electrons. The number of rotatable bonds is 6. The number of aliphatic hydroxyl groups is 2. The zero-order valence-corrected chi connectivity index (χ0v) is 8.38. The molecule has 0 spiro atoms. The number of aliphatic hydroxyl groups excluding tert-OH is 2. The normalized spacial score (nSPS) is 15.1. The van der Waals surface area contributed by atoms with Gasteiger partial charge in [-0.2, -0.15) is 0 Å². The molecule has 0 aromatic rings. The number of carbonyl (C=O) groups is 1. The summed E-state index contributed by atoms with van der Waals surface area (Å²) in [7, 11) is 0. The SMILES string of the molecule is CSC(CO)C(=O)NCC(O)CN. The first-order valence-electron chi connectivity index (χ1n) is 3.95. The zero-order valence-electron chi connectivity index (χ0n) is 7.56. The van der Waals surface area contributed by atoms with Crippen LogP contribution >= 0.6 is 11.8 Å². The molecule has 2 unspecified atom stereocenters. The average Bonchev–Trinajstić information content (AvgIpc) is 2.16. The first-order valence-corrected chi connectivity index (χ1v) is 5.24. The average molecular weight is 208 g/mol. The van der Waals surface area contributed by atoms with Gasteiger partial charge in [-0.3, -0.25) is 4.79 Å². The molecule has 5 N–H and O–H groups in total. The van der Waals surface area contributed by atoms with E-state index in [0.717, 1.165) is 0 Å². The first-order chi connectivity index (χ1) is 6.15. The van der Waals surface area contributed by atoms with Crippen molar-refractivity contribution in [2.45, 2.75) is 11.4 Å². The fourth-order valence-electron chi connectivity index (χ4n) is 0.680. The van der Waals surface area contributed by atoms with Gasteiger partial charge in [0.15, 0.2) is 0 Å². The molecule has 0 bridgehead atoms. The van der Waals surface area contributed by atoms with Crippen molar-refractivity contribution in [3.63, 3.8) is 0 Å². The van der Waals surface area contributed by atoms with Gasteiger partial charge in [0.1, 0.15) is 5.25 Å². The van der Waals surface area contributed by atoms with Crippen molar-refractivity contribution in [3.05, 3.63) is 0 Å². The minimum Gasteiger partial charge on any atom is -0.395 e. The predicted molar refractivity (Wildman–Crippen MR) is 52.5 cm³/mol. The smallest absolute Gasteiger partial charge is 0.235 e. The molecule has 0 saturated heterocycles. The number of nitrogens with two attached hydrogens (primary N) is 1. The Morgan fingerprint density at radius 3 is 2.69 bits per heavy atom. The Bertz CT molecular complexity index is 153. The van der Waals surface area contributed by atoms with Crippen LogP contribution in [0.4, 0.5) is 0 Å². The molecular formula is C7H16N2O3S. The molecule has 0 aromatic heterocycles. The Labute approximate surface area is 81.7 Å². The summed E-state index contributed by atoms with van der Waals surface area (Å²) in [6, 6.07) is 0. The van der Waals surface area contributed by atoms with Crippen LogP contribution in [0, 0.1) is 0 Å². The maximum atomic E-state index is 11.2. The quantitative estimate of drug-likeness (QED) is 0.411. The van der Waals surface area contributed by atoms with Crippen LogP contribution in [0.3, 0.4) is 0 Å². The summed E-state index contributed by atoms with van der Waals surface area (Å²) in [5.41, 5.74) is 5.14. The van der Waals surface area contributed by atoms with Crippen molar-refractivity contribution in [3.8, 4) is 0 Å². The highest BCUT2D eigenvalue weighted by Gasteiger charge is 2.15. The van der Waals surface area contributed by atoms with Crippen LogP contribution in [-0.4, -0.2) is 53.4 Å². The lowest BCUT2D eigenvalue weighted by Crippen LogP contribution is -2.41. The van der Waals surface area contributed by atoms with E-state index in [1.165, 1.54) is 11.8 Å². The highest BCUT2D eigenvalue weighted by Crippen LogP contribution is 2.04. The van der Waals surface area contributed by atoms with E-state index in [4.69, 9.17) is 15.9 Å². The minimum absolute atomic E-state index is 0.114. The molecule has 0 aliphatic carbocycles. The number of nitrogens with one attached hydrogen (secondary N) is 1. The predicted octanol–water partition coefficient (Wildman–Crippen LogP) is -1.85. The lowest BCUT2D eigenvalue weighted by molar-refractivity contribution is -0.121. The molecule has 0 heterocycles. The molecule has 0 aromatic carbocycles. The van der Waals surface area contributed by atoms with Gasteiger partial charge in [-0.15, -0.1) is 11.8 Å². The van der Waals surface area contributed by atoms with Crippen molar-refractivity contribution in [2.75, 3.05) is 26.0 Å². The van der Waals surface area contributed by atoms with E-state index >= 15 is 0 Å². The molecule has 0 rings (SSSR count). The number of hydrogen-bond acceptors (Lipinski definition) is 5. The molecule has 0 saturated carbocycles. The molecule has 0 aliphatic heterocycles. The van der Waals surface area contributed by atoms with Crippen LogP contribution in [-0.2, 0) is 4.79 Å². The van der Waals surface area contributed by atoms with Crippen molar-refractivity contribution in [1.29, 1.82) is 0 Å². The van der Waals surface area contributed by atoms with Gasteiger partial charge in [-0.05, 0) is 6.26 Å². The second kappa shape index (κ2) is 7.14. The van der Waals surface area contributed by atoms with Gasteiger partial charge < -0.3 is 21.3 Å². The molecule has 78 valence electrons. The van der Waals surface area contributed by atoms with Crippen LogP contribution in [0.15, 0.2) is 0 Å². The Morgan fingerprint density at radius 2 is 2.31 bits per heavy atom. The van der Waals surface area contributed by atoms with E-state index in [2.05, 4.69) is 5.32 Å². The summed E-state index contributed by atoms with van der Waals surface area (Å²) in [6.45, 7) is 0.0431. The second-order valence-electron chi connectivity index (χ2n) is 2.54. The van der Waals surface area contributed by atoms with Crippen LogP contribution in [0.2, 0.25) is 0 Å². The number of amides is 1. The monoisotopic (exact) mass is 208 g/mol. The third kappa shape index (κ3) is 5.09. The molecular weight excluding hydrogens is 192 g/mol. The lowest BCUT2D eigenvalue weighted by atomic mass is 10.3. The summed E-state index contributed by atoms with van der Waals surface area (Å²) in [5.74, 6) is -0.275. The molecule has 0 fully saturated rings. The molecule has 5 nitrogen and oxygen atoms in total. The highest BCUT2D eigenvalue weighted by molar-refractivity contribution is 7.99. The maximum absolute atomic E-state index is 11.2. The summed E-state index contributed by atoms with van der Waals surface area (Å²) in [6.07, 6.45) is 1.02. The molecule has 2 atom stereocenters. The second-order valence-corrected chi connectivity index (χ2v) is 3.58. The zero-order chi connectivity index (χ0) is 10.3. The van der Waals surface area contributed by atoms with Crippen molar-refractivity contribution in [2.24, 2.45) is 5.73 Å². The molecule has 13 heavy (non-hydrogen) atoms. The van der Waals surface area contributed by atoms with Crippen molar-refractivity contribution < 1.29 is 15.0 Å². The van der Waals surface area contributed by atoms with Gasteiger partial charge in [0.2, 0.25) is 5.91 Å². The largest absolute Gasteiger partial charge is 0.395 e. The number of carbonyl (C=O) groups excluding carboxylic acids is 1. The standard InChI is InChI=1S/C7H16N2O3S/c1-13-6(4-10)7(12)9-3-5(11)2-8/h5-6,10-11H,2-4,8H2,1H3,(H,9,12). The third-order valence-electron chi connectivity index (χ3n) is 1.53. The van der Waals surface area contributed by atoms with E-state index in [0.29, 0.717) is 0 Å². The van der Waals surface area contributed by atoms with E-state index < -0.39 is 11.4 Å². The summed E-state index contributed by atoms with van der Waals surface area (Å²) >= 11 is 1.26. The van der Waals surface area contributed by atoms with Crippen LogP contribution < -0.4 is 11.1 Å². The molecule has 1 amide bonds. The van der Waals surface area contributed by atoms with Gasteiger partial charge in [0.05, 0.1) is 12.7 Å². The van der Waals surface area contributed by atoms with E-state index in [1.807, 2.05) is 0 Å². The van der Waals surface area contributed by atoms with Crippen molar-refractivity contribution in [1.82, 2.24) is 5.32 Å². The van der Waals surface area contributed by atoms with Crippen LogP contribution in [0.25, 0.3) is 0 Å². The summed E-state index contributed by atoms with van der Waals surface area (Å²) in [5, 5.41) is 19.8. The van der Waals surface area contributed by atoms with Gasteiger partial charge in [0, 0.05) is 13.1 Å². The van der Waals surface area contributed by atoms with E-state index in [-0.39, 0.29) is 25.6 Å². The Kier molecular flexibility index (Phi) is 6.97. The third-order valence-corrected chi connectivity index (χ3v) is 2.46. The van der Waals surface area contributed by atoms with E-state index in [9.17, 15) is 4.79 Å². The number of thioether (sulfide) groups is 1. The fraction of sp³-hybridized carbons (Fsp3) is 0.857. The van der Waals surface area contributed by atoms with Gasteiger partial charge in [-0.25, -0.2) is 0 Å². The summed E-state index contributed by atoms with van der Waals surface area (Å²) < 4.78 is 0. The Hall–Kier alpha value is -0.300.